The van der Waals surface area contributed by atoms with Crippen LogP contribution in [0.15, 0.2) is 18.2 Å². The van der Waals surface area contributed by atoms with E-state index in [-0.39, 0.29) is 17.4 Å². The molecule has 172 valence electrons. The molecule has 2 saturated heterocycles. The molecular weight excluding hydrogens is 456 g/mol. The molecule has 7 nitrogen and oxygen atoms in total. The Kier molecular flexibility index (Phi) is 7.45. The summed E-state index contributed by atoms with van der Waals surface area (Å²) < 4.78 is 18.9. The van der Waals surface area contributed by atoms with Gasteiger partial charge in [-0.3, -0.25) is 9.69 Å². The molecule has 2 aliphatic heterocycles. The molecule has 0 saturated carbocycles. The van der Waals surface area contributed by atoms with Gasteiger partial charge >= 0.3 is 0 Å². The number of halogens is 3. The van der Waals surface area contributed by atoms with E-state index in [0.717, 1.165) is 39.1 Å². The van der Waals surface area contributed by atoms with Crippen molar-refractivity contribution in [3.05, 3.63) is 45.3 Å². The second-order valence-corrected chi connectivity index (χ2v) is 8.84. The number of aromatic nitrogens is 2. The number of benzene rings is 1. The molecule has 4 rings (SSSR count). The van der Waals surface area contributed by atoms with Gasteiger partial charge < -0.3 is 15.0 Å². The second kappa shape index (κ2) is 10.3. The minimum absolute atomic E-state index is 0.0373. The zero-order chi connectivity index (χ0) is 22.7. The predicted molar refractivity (Wildman–Crippen MR) is 123 cm³/mol. The van der Waals surface area contributed by atoms with E-state index >= 15 is 0 Å². The highest BCUT2D eigenvalue weighted by Gasteiger charge is 2.30. The van der Waals surface area contributed by atoms with Gasteiger partial charge in [-0.15, -0.1) is 0 Å². The van der Waals surface area contributed by atoms with Crippen LogP contribution in [0.25, 0.3) is 0 Å². The van der Waals surface area contributed by atoms with Crippen LogP contribution in [-0.2, 0) is 11.4 Å². The maximum Gasteiger partial charge on any atom is 0.272 e. The van der Waals surface area contributed by atoms with Gasteiger partial charge in [0.05, 0.1) is 23.3 Å². The van der Waals surface area contributed by atoms with Crippen LogP contribution in [0.1, 0.15) is 34.7 Å². The summed E-state index contributed by atoms with van der Waals surface area (Å²) in [6.07, 6.45) is 1.81. The number of nitrogens with one attached hydrogen (secondary N) is 1. The molecule has 32 heavy (non-hydrogen) atoms. The first-order chi connectivity index (χ1) is 15.5. The van der Waals surface area contributed by atoms with Crippen molar-refractivity contribution in [2.75, 3.05) is 44.7 Å². The van der Waals surface area contributed by atoms with E-state index in [4.69, 9.17) is 27.9 Å². The Bertz CT molecular complexity index is 979. The number of amides is 1. The quantitative estimate of drug-likeness (QED) is 0.688. The van der Waals surface area contributed by atoms with E-state index in [9.17, 15) is 9.18 Å². The molecule has 0 bridgehead atoms. The summed E-state index contributed by atoms with van der Waals surface area (Å²) >= 11 is 12.1. The van der Waals surface area contributed by atoms with Crippen LogP contribution in [0, 0.1) is 6.92 Å². The number of nitrogens with zero attached hydrogens (tertiary/aromatic N) is 4. The molecule has 0 spiro atoms. The lowest BCUT2D eigenvalue weighted by atomic mass is 10.0. The average molecular weight is 482 g/mol. The van der Waals surface area contributed by atoms with Crippen molar-refractivity contribution < 1.29 is 13.9 Å². The summed E-state index contributed by atoms with van der Waals surface area (Å²) in [6.45, 7) is 5.58. The zero-order valence-electron chi connectivity index (χ0n) is 17.9. The third-order valence-corrected chi connectivity index (χ3v) is 6.75. The van der Waals surface area contributed by atoms with E-state index in [2.05, 4.69) is 20.2 Å². The summed E-state index contributed by atoms with van der Waals surface area (Å²) in [5.74, 6) is 0.138. The number of anilines is 2. The summed E-state index contributed by atoms with van der Waals surface area (Å²) in [4.78, 5) is 26.0. The molecule has 10 heteroatoms. The fourth-order valence-electron chi connectivity index (χ4n) is 4.19. The fraction of sp³-hybridized carbons (Fsp3) is 0.500. The van der Waals surface area contributed by atoms with E-state index in [0.29, 0.717) is 46.2 Å². The maximum atomic E-state index is 13.5. The van der Waals surface area contributed by atoms with Crippen molar-refractivity contribution in [3.63, 3.8) is 0 Å². The Morgan fingerprint density at radius 2 is 1.88 bits per heavy atom. The van der Waals surface area contributed by atoms with Gasteiger partial charge in [-0.2, -0.15) is 0 Å². The number of rotatable bonds is 5. The van der Waals surface area contributed by atoms with Gasteiger partial charge in [0.1, 0.15) is 18.2 Å². The van der Waals surface area contributed by atoms with Crippen molar-refractivity contribution in [2.45, 2.75) is 32.5 Å². The van der Waals surface area contributed by atoms with Crippen molar-refractivity contribution in [2.24, 2.45) is 0 Å². The number of hydrogen-bond donors (Lipinski definition) is 1. The lowest BCUT2D eigenvalue weighted by molar-refractivity contribution is 0.00151. The third-order valence-electron chi connectivity index (χ3n) is 6.01. The van der Waals surface area contributed by atoms with Crippen LogP contribution >= 0.6 is 23.2 Å². The molecule has 3 heterocycles. The Hall–Kier alpha value is -2.00. The van der Waals surface area contributed by atoms with Crippen LogP contribution in [0.5, 0.6) is 0 Å². The number of piperidine rings is 1. The Morgan fingerprint density at radius 1 is 1.16 bits per heavy atom. The van der Waals surface area contributed by atoms with Gasteiger partial charge in [0.15, 0.2) is 5.82 Å². The number of alkyl halides is 1. The van der Waals surface area contributed by atoms with E-state index in [1.54, 1.807) is 30.0 Å². The molecule has 0 radical (unpaired) electrons. The number of ether oxygens (including phenoxy) is 1. The standard InChI is InChI=1S/C22H26Cl2FN5O2/c1-14-20(22(31)30-6-4-16(5-7-30)29-8-10-32-11-9-29)27-19(13-25)28-21(14)26-15-2-3-17(23)18(24)12-15/h2-3,12,16H,4-11,13H2,1H3,(H,26,27,28). The lowest BCUT2D eigenvalue weighted by Crippen LogP contribution is -2.50. The molecule has 2 aliphatic rings. The highest BCUT2D eigenvalue weighted by Crippen LogP contribution is 2.29. The molecule has 1 aromatic heterocycles. The number of carbonyl (C=O) groups is 1. The van der Waals surface area contributed by atoms with Gasteiger partial charge in [-0.05, 0) is 38.0 Å². The minimum atomic E-state index is -0.865. The number of morpholine rings is 1. The molecule has 0 atom stereocenters. The minimum Gasteiger partial charge on any atom is -0.379 e. The van der Waals surface area contributed by atoms with Gasteiger partial charge in [0.2, 0.25) is 0 Å². The van der Waals surface area contributed by atoms with Crippen LogP contribution in [0.4, 0.5) is 15.9 Å². The van der Waals surface area contributed by atoms with Crippen LogP contribution in [-0.4, -0.2) is 71.1 Å². The summed E-state index contributed by atoms with van der Waals surface area (Å²) in [5, 5.41) is 3.92. The predicted octanol–water partition coefficient (Wildman–Crippen LogP) is 4.24. The lowest BCUT2D eigenvalue weighted by Gasteiger charge is -2.40. The molecule has 0 aliphatic carbocycles. The summed E-state index contributed by atoms with van der Waals surface area (Å²) in [6, 6.07) is 5.51. The van der Waals surface area contributed by atoms with Crippen molar-refractivity contribution in [1.29, 1.82) is 0 Å². The second-order valence-electron chi connectivity index (χ2n) is 8.02. The topological polar surface area (TPSA) is 70.6 Å². The van der Waals surface area contributed by atoms with Crippen LogP contribution in [0.3, 0.4) is 0 Å². The molecular formula is C22H26Cl2FN5O2. The number of likely N-dealkylation sites (tertiary alicyclic amines) is 1. The van der Waals surface area contributed by atoms with Gasteiger partial charge in [-0.25, -0.2) is 14.4 Å². The van der Waals surface area contributed by atoms with Gasteiger partial charge in [-0.1, -0.05) is 23.2 Å². The number of hydrogen-bond acceptors (Lipinski definition) is 6. The first-order valence-corrected chi connectivity index (χ1v) is 11.5. The van der Waals surface area contributed by atoms with Crippen molar-refractivity contribution >= 4 is 40.6 Å². The monoisotopic (exact) mass is 481 g/mol. The highest BCUT2D eigenvalue weighted by atomic mass is 35.5. The summed E-state index contributed by atoms with van der Waals surface area (Å²) in [5.41, 5.74) is 1.42. The molecule has 1 amide bonds. The van der Waals surface area contributed by atoms with Gasteiger partial charge in [0.25, 0.3) is 5.91 Å². The molecule has 2 fully saturated rings. The molecule has 0 unspecified atom stereocenters. The maximum absolute atomic E-state index is 13.5. The summed E-state index contributed by atoms with van der Waals surface area (Å²) in [7, 11) is 0. The zero-order valence-corrected chi connectivity index (χ0v) is 19.4. The first kappa shape index (κ1) is 23.2. The van der Waals surface area contributed by atoms with E-state index < -0.39 is 6.67 Å². The number of carbonyl (C=O) groups excluding carboxylic acids is 1. The van der Waals surface area contributed by atoms with E-state index in [1.165, 1.54) is 0 Å². The average Bonchev–Trinajstić information content (AvgIpc) is 2.83. The Labute approximate surface area is 196 Å². The van der Waals surface area contributed by atoms with Crippen LogP contribution < -0.4 is 5.32 Å². The largest absolute Gasteiger partial charge is 0.379 e. The van der Waals surface area contributed by atoms with Crippen molar-refractivity contribution in [3.8, 4) is 0 Å². The van der Waals surface area contributed by atoms with Crippen molar-refractivity contribution in [1.82, 2.24) is 19.8 Å². The third kappa shape index (κ3) is 5.14. The normalized spacial score (nSPS) is 18.1. The smallest absolute Gasteiger partial charge is 0.272 e. The SMILES string of the molecule is Cc1c(Nc2ccc(Cl)c(Cl)c2)nc(CF)nc1C(=O)N1CCC(N2CCOCC2)CC1. The fourth-order valence-corrected chi connectivity index (χ4v) is 4.49. The Balaban J connectivity index is 1.50. The van der Waals surface area contributed by atoms with Gasteiger partial charge in [0, 0.05) is 43.5 Å². The molecule has 1 N–H and O–H groups in total. The van der Waals surface area contributed by atoms with Crippen LogP contribution in [0.2, 0.25) is 10.0 Å². The Morgan fingerprint density at radius 3 is 2.53 bits per heavy atom. The van der Waals surface area contributed by atoms with E-state index in [1.807, 2.05) is 0 Å². The first-order valence-electron chi connectivity index (χ1n) is 10.7. The molecule has 1 aromatic carbocycles. The molecule has 2 aromatic rings. The highest BCUT2D eigenvalue weighted by molar-refractivity contribution is 6.42.